The van der Waals surface area contributed by atoms with E-state index in [0.29, 0.717) is 0 Å². The van der Waals surface area contributed by atoms with Crippen LogP contribution in [0.3, 0.4) is 0 Å². The first kappa shape index (κ1) is 15.9. The van der Waals surface area contributed by atoms with E-state index in [0.717, 1.165) is 24.9 Å². The zero-order valence-corrected chi connectivity index (χ0v) is 13.5. The number of aromatic nitrogens is 1. The van der Waals surface area contributed by atoms with Crippen molar-refractivity contribution in [1.29, 1.82) is 0 Å². The molecule has 0 spiro atoms. The fourth-order valence-corrected chi connectivity index (χ4v) is 2.50. The van der Waals surface area contributed by atoms with E-state index in [1.54, 1.807) is 7.11 Å². The largest absolute Gasteiger partial charge is 0.379 e. The Morgan fingerprint density at radius 3 is 2.81 bits per heavy atom. The molecule has 0 aliphatic carbocycles. The van der Waals surface area contributed by atoms with E-state index >= 15 is 0 Å². The average Bonchev–Trinajstić information content (AvgIpc) is 2.51. The van der Waals surface area contributed by atoms with Crippen molar-refractivity contribution in [3.63, 3.8) is 0 Å². The summed E-state index contributed by atoms with van der Waals surface area (Å²) in [7, 11) is 1.78. The van der Waals surface area contributed by atoms with E-state index in [9.17, 15) is 0 Å². The summed E-state index contributed by atoms with van der Waals surface area (Å²) < 4.78 is 5.60. The smallest absolute Gasteiger partial charge is 0.0705 e. The molecule has 0 fully saturated rings. The van der Waals surface area contributed by atoms with Gasteiger partial charge in [-0.05, 0) is 50.9 Å². The van der Waals surface area contributed by atoms with E-state index in [2.05, 4.69) is 55.3 Å². The lowest BCUT2D eigenvalue weighted by molar-refractivity contribution is 0.00686. The van der Waals surface area contributed by atoms with E-state index < -0.39 is 0 Å². The van der Waals surface area contributed by atoms with Crippen molar-refractivity contribution in [2.75, 3.05) is 13.7 Å². The minimum absolute atomic E-state index is 0.148. The topological polar surface area (TPSA) is 34.1 Å². The van der Waals surface area contributed by atoms with Crippen molar-refractivity contribution in [2.45, 2.75) is 45.3 Å². The van der Waals surface area contributed by atoms with Gasteiger partial charge in [-0.15, -0.1) is 0 Å². The second kappa shape index (κ2) is 7.01. The Morgan fingerprint density at radius 2 is 2.10 bits per heavy atom. The molecule has 1 aromatic carbocycles. The standard InChI is InChI=1S/C18H26N2O/c1-5-10-19-17(13-18(2,3)21-4)15-9-8-14-7-6-11-20-16(14)12-15/h6-9,11-12,17,19H,5,10,13H2,1-4H3. The molecule has 0 aliphatic heterocycles. The zero-order valence-electron chi connectivity index (χ0n) is 13.5. The monoisotopic (exact) mass is 286 g/mol. The van der Waals surface area contributed by atoms with Gasteiger partial charge in [0.15, 0.2) is 0 Å². The molecule has 0 saturated carbocycles. The van der Waals surface area contributed by atoms with Gasteiger partial charge in [0.2, 0.25) is 0 Å². The van der Waals surface area contributed by atoms with Crippen LogP contribution in [0.4, 0.5) is 0 Å². The molecule has 3 heteroatoms. The summed E-state index contributed by atoms with van der Waals surface area (Å²) in [6, 6.07) is 10.9. The molecule has 1 heterocycles. The predicted molar refractivity (Wildman–Crippen MR) is 88.5 cm³/mol. The molecule has 2 aromatic rings. The number of hydrogen-bond acceptors (Lipinski definition) is 3. The predicted octanol–water partition coefficient (Wildman–Crippen LogP) is 4.09. The highest BCUT2D eigenvalue weighted by molar-refractivity contribution is 5.78. The van der Waals surface area contributed by atoms with Gasteiger partial charge in [0.1, 0.15) is 0 Å². The van der Waals surface area contributed by atoms with Crippen LogP contribution in [0.2, 0.25) is 0 Å². The van der Waals surface area contributed by atoms with Gasteiger partial charge in [-0.2, -0.15) is 0 Å². The van der Waals surface area contributed by atoms with Crippen molar-refractivity contribution in [3.8, 4) is 0 Å². The van der Waals surface area contributed by atoms with Gasteiger partial charge in [0, 0.05) is 24.7 Å². The molecule has 1 atom stereocenters. The first-order valence-corrected chi connectivity index (χ1v) is 7.69. The van der Waals surface area contributed by atoms with Crippen molar-refractivity contribution >= 4 is 10.9 Å². The Kier molecular flexibility index (Phi) is 5.32. The number of fused-ring (bicyclic) bond motifs is 1. The average molecular weight is 286 g/mol. The van der Waals surface area contributed by atoms with E-state index in [1.807, 2.05) is 12.3 Å². The lowest BCUT2D eigenvalue weighted by Gasteiger charge is -2.29. The number of nitrogens with one attached hydrogen (secondary N) is 1. The van der Waals surface area contributed by atoms with Gasteiger partial charge in [-0.1, -0.05) is 25.1 Å². The molecule has 2 rings (SSSR count). The summed E-state index contributed by atoms with van der Waals surface area (Å²) >= 11 is 0. The summed E-state index contributed by atoms with van der Waals surface area (Å²) in [5.74, 6) is 0. The van der Waals surface area contributed by atoms with Crippen LogP contribution in [0.25, 0.3) is 10.9 Å². The minimum Gasteiger partial charge on any atom is -0.379 e. The number of benzene rings is 1. The van der Waals surface area contributed by atoms with Crippen LogP contribution in [-0.4, -0.2) is 24.2 Å². The summed E-state index contributed by atoms with van der Waals surface area (Å²) in [6.07, 6.45) is 3.90. The van der Waals surface area contributed by atoms with Crippen molar-refractivity contribution in [3.05, 3.63) is 42.1 Å². The van der Waals surface area contributed by atoms with Crippen LogP contribution in [-0.2, 0) is 4.74 Å². The maximum Gasteiger partial charge on any atom is 0.0705 e. The molecule has 1 N–H and O–H groups in total. The second-order valence-corrected chi connectivity index (χ2v) is 6.13. The fourth-order valence-electron chi connectivity index (χ4n) is 2.50. The number of nitrogens with zero attached hydrogens (tertiary/aromatic N) is 1. The lowest BCUT2D eigenvalue weighted by Crippen LogP contribution is -2.32. The maximum absolute atomic E-state index is 5.60. The Balaban J connectivity index is 2.28. The SMILES string of the molecule is CCCNC(CC(C)(C)OC)c1ccc2cccnc2c1. The minimum atomic E-state index is -0.148. The number of rotatable bonds is 7. The third kappa shape index (κ3) is 4.26. The maximum atomic E-state index is 5.60. The highest BCUT2D eigenvalue weighted by atomic mass is 16.5. The lowest BCUT2D eigenvalue weighted by atomic mass is 9.93. The highest BCUT2D eigenvalue weighted by Crippen LogP contribution is 2.27. The van der Waals surface area contributed by atoms with Crippen LogP contribution in [0.15, 0.2) is 36.5 Å². The van der Waals surface area contributed by atoms with Gasteiger partial charge >= 0.3 is 0 Å². The number of pyridine rings is 1. The summed E-state index contributed by atoms with van der Waals surface area (Å²) in [5.41, 5.74) is 2.18. The van der Waals surface area contributed by atoms with Crippen molar-refractivity contribution in [1.82, 2.24) is 10.3 Å². The van der Waals surface area contributed by atoms with Crippen molar-refractivity contribution in [2.24, 2.45) is 0 Å². The van der Waals surface area contributed by atoms with Gasteiger partial charge in [0.05, 0.1) is 11.1 Å². The zero-order chi connectivity index (χ0) is 15.3. The first-order chi connectivity index (χ1) is 10.1. The summed E-state index contributed by atoms with van der Waals surface area (Å²) in [5, 5.41) is 4.81. The van der Waals surface area contributed by atoms with E-state index in [-0.39, 0.29) is 11.6 Å². The molecule has 1 unspecified atom stereocenters. The number of ether oxygens (including phenoxy) is 1. The summed E-state index contributed by atoms with van der Waals surface area (Å²) in [6.45, 7) is 7.46. The van der Waals surface area contributed by atoms with Crippen LogP contribution in [0, 0.1) is 0 Å². The van der Waals surface area contributed by atoms with Crippen LogP contribution in [0.5, 0.6) is 0 Å². The third-order valence-electron chi connectivity index (χ3n) is 3.92. The second-order valence-electron chi connectivity index (χ2n) is 6.13. The Bertz CT molecular complexity index is 580. The molecule has 0 bridgehead atoms. The quantitative estimate of drug-likeness (QED) is 0.832. The molecule has 114 valence electrons. The molecule has 0 amide bonds. The fraction of sp³-hybridized carbons (Fsp3) is 0.500. The Morgan fingerprint density at radius 1 is 1.29 bits per heavy atom. The normalized spacial score (nSPS) is 13.5. The van der Waals surface area contributed by atoms with Crippen LogP contribution in [0.1, 0.15) is 45.2 Å². The molecule has 1 aromatic heterocycles. The van der Waals surface area contributed by atoms with Crippen LogP contribution < -0.4 is 5.32 Å². The number of hydrogen-bond donors (Lipinski definition) is 1. The molecule has 21 heavy (non-hydrogen) atoms. The van der Waals surface area contributed by atoms with Gasteiger partial charge in [0.25, 0.3) is 0 Å². The Hall–Kier alpha value is -1.45. The van der Waals surface area contributed by atoms with E-state index in [4.69, 9.17) is 4.74 Å². The number of methoxy groups -OCH3 is 1. The molecule has 3 nitrogen and oxygen atoms in total. The molecule has 0 radical (unpaired) electrons. The Labute approximate surface area is 127 Å². The van der Waals surface area contributed by atoms with Gasteiger partial charge in [-0.3, -0.25) is 4.98 Å². The van der Waals surface area contributed by atoms with Crippen molar-refractivity contribution < 1.29 is 4.74 Å². The third-order valence-corrected chi connectivity index (χ3v) is 3.92. The van der Waals surface area contributed by atoms with E-state index in [1.165, 1.54) is 10.9 Å². The molecular weight excluding hydrogens is 260 g/mol. The van der Waals surface area contributed by atoms with Gasteiger partial charge in [-0.25, -0.2) is 0 Å². The molecular formula is C18H26N2O. The van der Waals surface area contributed by atoms with Gasteiger partial charge < -0.3 is 10.1 Å². The summed E-state index contributed by atoms with van der Waals surface area (Å²) in [4.78, 5) is 4.46. The highest BCUT2D eigenvalue weighted by Gasteiger charge is 2.23. The molecule has 0 saturated heterocycles. The molecule has 0 aliphatic rings. The van der Waals surface area contributed by atoms with Crippen LogP contribution >= 0.6 is 0 Å². The first-order valence-electron chi connectivity index (χ1n) is 7.69.